The number of nitrogens with one attached hydrogen (secondary N) is 1. The van der Waals surface area contributed by atoms with Crippen LogP contribution in [0.3, 0.4) is 0 Å². The Labute approximate surface area is 326 Å². The summed E-state index contributed by atoms with van der Waals surface area (Å²) >= 11 is 0. The predicted octanol–water partition coefficient (Wildman–Crippen LogP) is 6.48. The molecule has 4 atom stereocenters. The molecular weight excluding hydrogens is 733 g/mol. The molecule has 0 bridgehead atoms. The lowest BCUT2D eigenvalue weighted by Gasteiger charge is -2.33. The Morgan fingerprint density at radius 1 is 0.982 bits per heavy atom. The molecule has 306 valence electrons. The normalized spacial score (nSPS) is 19.5. The van der Waals surface area contributed by atoms with Gasteiger partial charge < -0.3 is 34.3 Å². The number of amides is 2. The van der Waals surface area contributed by atoms with Crippen molar-refractivity contribution < 1.29 is 56.4 Å². The van der Waals surface area contributed by atoms with Gasteiger partial charge in [-0.2, -0.15) is 13.2 Å². The number of nitrogens with zero attached hydrogens (tertiary/aromatic N) is 1. The monoisotopic (exact) mass is 786 g/mol. The van der Waals surface area contributed by atoms with Crippen LogP contribution in [0.5, 0.6) is 0 Å². The molecule has 0 unspecified atom stereocenters. The van der Waals surface area contributed by atoms with E-state index >= 15 is 0 Å². The molecule has 1 aliphatic carbocycles. The smallest absolute Gasteiger partial charge is 0.422 e. The highest BCUT2D eigenvalue weighted by Crippen LogP contribution is 2.43. The van der Waals surface area contributed by atoms with Gasteiger partial charge >= 0.3 is 18.1 Å². The summed E-state index contributed by atoms with van der Waals surface area (Å²) in [6.07, 6.45) is 3.24. The van der Waals surface area contributed by atoms with Gasteiger partial charge in [-0.15, -0.1) is 0 Å². The molecule has 1 fully saturated rings. The number of halogens is 3. The summed E-state index contributed by atoms with van der Waals surface area (Å²) in [7, 11) is 1.52. The molecule has 1 aliphatic heterocycles. The lowest BCUT2D eigenvalue weighted by molar-refractivity contribution is -0.190. The molecule has 1 saturated heterocycles. The van der Waals surface area contributed by atoms with E-state index in [9.17, 15) is 37.5 Å². The number of alkyl halides is 3. The van der Waals surface area contributed by atoms with E-state index in [1.54, 1.807) is 18.2 Å². The molecule has 1 heterocycles. The fourth-order valence-corrected chi connectivity index (χ4v) is 6.89. The molecule has 2 amide bonds. The fourth-order valence-electron chi connectivity index (χ4n) is 6.89. The van der Waals surface area contributed by atoms with Crippen molar-refractivity contribution >= 4 is 29.8 Å². The first-order valence-corrected chi connectivity index (χ1v) is 19.3. The third-order valence-corrected chi connectivity index (χ3v) is 9.77. The van der Waals surface area contributed by atoms with Crippen LogP contribution >= 0.6 is 0 Å². The van der Waals surface area contributed by atoms with Gasteiger partial charge in [0, 0.05) is 50.9 Å². The summed E-state index contributed by atoms with van der Waals surface area (Å²) in [6, 6.07) is 14.4. The number of carbonyl (C=O) groups excluding carboxylic acids is 4. The van der Waals surface area contributed by atoms with Crippen LogP contribution in [0.15, 0.2) is 72.3 Å². The second kappa shape index (κ2) is 21.1. The third-order valence-electron chi connectivity index (χ3n) is 9.77. The Balaban J connectivity index is 1.66. The highest BCUT2D eigenvalue weighted by molar-refractivity contribution is 5.98. The van der Waals surface area contributed by atoms with Gasteiger partial charge in [0.1, 0.15) is 24.4 Å². The number of ether oxygens (including phenoxy) is 4. The summed E-state index contributed by atoms with van der Waals surface area (Å²) in [6.45, 7) is 2.17. The number of fused-ring (bicyclic) bond motifs is 1. The molecule has 0 aromatic heterocycles. The van der Waals surface area contributed by atoms with Crippen molar-refractivity contribution in [2.75, 3.05) is 26.8 Å². The minimum atomic E-state index is -4.70. The number of rotatable bonds is 20. The summed E-state index contributed by atoms with van der Waals surface area (Å²) in [5.41, 5.74) is 1.28. The van der Waals surface area contributed by atoms with Crippen LogP contribution in [-0.4, -0.2) is 96.9 Å². The SMILES string of the molecule is CCCCCC1(CCCCC)O[C@@H]2[C@@H](C=C(C(=O)N(C)[C@H](Cc3ccccc3)C(=O)NCCO)C[C@H]2OC(=O)c2ccccc2C=CC(=O)OCC(F)(F)F)O1. The van der Waals surface area contributed by atoms with Crippen molar-refractivity contribution in [1.82, 2.24) is 10.2 Å². The second-order valence-corrected chi connectivity index (χ2v) is 14.1. The molecule has 2 aromatic rings. The first-order valence-electron chi connectivity index (χ1n) is 19.3. The molecule has 11 nitrogen and oxygen atoms in total. The van der Waals surface area contributed by atoms with Crippen molar-refractivity contribution in [3.8, 4) is 0 Å². The van der Waals surface area contributed by atoms with Crippen LogP contribution in [-0.2, 0) is 39.8 Å². The van der Waals surface area contributed by atoms with Crippen molar-refractivity contribution in [3.05, 3.63) is 89.0 Å². The minimum Gasteiger partial charge on any atom is -0.456 e. The lowest BCUT2D eigenvalue weighted by atomic mass is 9.90. The van der Waals surface area contributed by atoms with Gasteiger partial charge in [0.05, 0.1) is 12.2 Å². The molecular formula is C42H53F3N2O9. The van der Waals surface area contributed by atoms with Crippen LogP contribution in [0.4, 0.5) is 13.2 Å². The molecule has 0 radical (unpaired) electrons. The molecule has 2 aromatic carbocycles. The van der Waals surface area contributed by atoms with E-state index in [0.29, 0.717) is 12.8 Å². The van der Waals surface area contributed by atoms with E-state index < -0.39 is 66.7 Å². The second-order valence-electron chi connectivity index (χ2n) is 14.1. The highest BCUT2D eigenvalue weighted by Gasteiger charge is 2.53. The number of unbranched alkanes of at least 4 members (excludes halogenated alkanes) is 4. The van der Waals surface area contributed by atoms with E-state index in [2.05, 4.69) is 23.9 Å². The molecule has 2 N–H and O–H groups in total. The molecule has 56 heavy (non-hydrogen) atoms. The average Bonchev–Trinajstić information content (AvgIpc) is 3.56. The lowest BCUT2D eigenvalue weighted by Crippen LogP contribution is -2.51. The topological polar surface area (TPSA) is 141 Å². The standard InChI is InChI=1S/C42H53F3N2O9/c1-4-6-13-21-41(22-14-7-5-2)55-35-27-31(39(51)47(3)33(38(50)46-23-24-48)25-29-15-9-8-10-16-29)26-34(37(35)56-41)54-40(52)32-18-12-11-17-30(32)19-20-36(49)53-28-42(43,44)45/h8-12,15-20,27,33-35,37,48H,4-7,13-14,21-26,28H2,1-3H3,(H,46,50)/t33-,34-,35-,37+/m1/s1. The van der Waals surface area contributed by atoms with E-state index in [0.717, 1.165) is 50.2 Å². The zero-order valence-corrected chi connectivity index (χ0v) is 32.2. The maximum atomic E-state index is 14.4. The van der Waals surface area contributed by atoms with Crippen molar-refractivity contribution in [1.29, 1.82) is 0 Å². The van der Waals surface area contributed by atoms with Crippen molar-refractivity contribution in [3.63, 3.8) is 0 Å². The number of hydrogen-bond donors (Lipinski definition) is 2. The molecule has 4 rings (SSSR count). The minimum absolute atomic E-state index is 0.00532. The third kappa shape index (κ3) is 12.8. The number of esters is 2. The summed E-state index contributed by atoms with van der Waals surface area (Å²) < 4.78 is 61.5. The van der Waals surface area contributed by atoms with Crippen molar-refractivity contribution in [2.24, 2.45) is 0 Å². The molecule has 14 heteroatoms. The average molecular weight is 787 g/mol. The number of aliphatic hydroxyl groups is 1. The number of likely N-dealkylation sites (N-methyl/N-ethyl adjacent to an activating group) is 1. The maximum Gasteiger partial charge on any atom is 0.422 e. The van der Waals surface area contributed by atoms with Gasteiger partial charge in [-0.25, -0.2) is 9.59 Å². The Bertz CT molecular complexity index is 1670. The summed E-state index contributed by atoms with van der Waals surface area (Å²) in [4.78, 5) is 55.0. The van der Waals surface area contributed by atoms with Crippen LogP contribution in [0, 0.1) is 0 Å². The highest BCUT2D eigenvalue weighted by atomic mass is 19.4. The van der Waals surface area contributed by atoms with Gasteiger partial charge in [-0.1, -0.05) is 88.1 Å². The van der Waals surface area contributed by atoms with Crippen LogP contribution in [0.2, 0.25) is 0 Å². The van der Waals surface area contributed by atoms with E-state index in [1.807, 2.05) is 30.3 Å². The zero-order chi connectivity index (χ0) is 40.7. The Morgan fingerprint density at radius 2 is 1.64 bits per heavy atom. The largest absolute Gasteiger partial charge is 0.456 e. The maximum absolute atomic E-state index is 14.4. The predicted molar refractivity (Wildman–Crippen MR) is 202 cm³/mol. The van der Waals surface area contributed by atoms with Gasteiger partial charge in [0.15, 0.2) is 12.4 Å². The van der Waals surface area contributed by atoms with E-state index in [4.69, 9.17) is 14.2 Å². The summed E-state index contributed by atoms with van der Waals surface area (Å²) in [5, 5.41) is 12.0. The molecule has 0 saturated carbocycles. The van der Waals surface area contributed by atoms with Crippen molar-refractivity contribution in [2.45, 2.75) is 114 Å². The number of hydrogen-bond acceptors (Lipinski definition) is 9. The van der Waals surface area contributed by atoms with Crippen LogP contribution in [0.1, 0.15) is 93.1 Å². The van der Waals surface area contributed by atoms with E-state index in [-0.39, 0.29) is 42.7 Å². The van der Waals surface area contributed by atoms with Crippen LogP contribution in [0.25, 0.3) is 6.08 Å². The number of benzene rings is 2. The van der Waals surface area contributed by atoms with Gasteiger partial charge in [0.25, 0.3) is 0 Å². The Kier molecular flexibility index (Phi) is 16.7. The number of carbonyl (C=O) groups is 4. The first-order chi connectivity index (χ1) is 26.8. The zero-order valence-electron chi connectivity index (χ0n) is 32.2. The summed E-state index contributed by atoms with van der Waals surface area (Å²) in [5.74, 6) is -3.98. The fraction of sp³-hybridized carbons (Fsp3) is 0.524. The Hall–Kier alpha value is -4.53. The first kappa shape index (κ1) is 44.2. The molecule has 2 aliphatic rings. The Morgan fingerprint density at radius 3 is 2.29 bits per heavy atom. The quantitative estimate of drug-likeness (QED) is 0.0877. The van der Waals surface area contributed by atoms with Crippen LogP contribution < -0.4 is 5.32 Å². The van der Waals surface area contributed by atoms with E-state index in [1.165, 1.54) is 30.2 Å². The van der Waals surface area contributed by atoms with Gasteiger partial charge in [-0.3, -0.25) is 9.59 Å². The number of aliphatic hydroxyl groups excluding tert-OH is 1. The molecule has 0 spiro atoms. The van der Waals surface area contributed by atoms with Gasteiger partial charge in [-0.05, 0) is 42.2 Å². The van der Waals surface area contributed by atoms with Gasteiger partial charge in [0.2, 0.25) is 11.8 Å².